The number of carbonyl (C=O) groups is 1. The van der Waals surface area contributed by atoms with Crippen molar-refractivity contribution in [3.05, 3.63) is 53.6 Å². The summed E-state index contributed by atoms with van der Waals surface area (Å²) in [4.78, 5) is 14.4. The minimum atomic E-state index is -0.0803. The Balaban J connectivity index is 2.59. The SMILES string of the molecule is CN(C)c1c(N)cc(N)cc1C(=O)c1ccccc1. The lowest BCUT2D eigenvalue weighted by atomic mass is 9.99. The molecule has 4 nitrogen and oxygen atoms in total. The van der Waals surface area contributed by atoms with E-state index in [1.165, 1.54) is 0 Å². The Labute approximate surface area is 112 Å². The monoisotopic (exact) mass is 255 g/mol. The van der Waals surface area contributed by atoms with Gasteiger partial charge in [-0.25, -0.2) is 0 Å². The number of hydrogen-bond donors (Lipinski definition) is 2. The van der Waals surface area contributed by atoms with Crippen molar-refractivity contribution in [1.82, 2.24) is 0 Å². The first kappa shape index (κ1) is 13.0. The molecule has 0 unspecified atom stereocenters. The highest BCUT2D eigenvalue weighted by molar-refractivity contribution is 6.14. The summed E-state index contributed by atoms with van der Waals surface area (Å²) in [6, 6.07) is 12.4. The highest BCUT2D eigenvalue weighted by atomic mass is 16.1. The van der Waals surface area contributed by atoms with Gasteiger partial charge in [-0.05, 0) is 12.1 Å². The second-order valence-electron chi connectivity index (χ2n) is 4.60. The van der Waals surface area contributed by atoms with Crippen molar-refractivity contribution in [1.29, 1.82) is 0 Å². The van der Waals surface area contributed by atoms with Gasteiger partial charge in [0.1, 0.15) is 0 Å². The molecule has 0 aromatic heterocycles. The molecule has 98 valence electrons. The molecule has 2 rings (SSSR count). The Morgan fingerprint density at radius 1 is 1.05 bits per heavy atom. The van der Waals surface area contributed by atoms with Gasteiger partial charge in [0.15, 0.2) is 5.78 Å². The quantitative estimate of drug-likeness (QED) is 0.651. The third kappa shape index (κ3) is 2.52. The first-order chi connectivity index (χ1) is 9.00. The van der Waals surface area contributed by atoms with E-state index in [4.69, 9.17) is 11.5 Å². The summed E-state index contributed by atoms with van der Waals surface area (Å²) >= 11 is 0. The zero-order valence-electron chi connectivity index (χ0n) is 11.1. The average molecular weight is 255 g/mol. The molecule has 2 aromatic carbocycles. The van der Waals surface area contributed by atoms with Gasteiger partial charge in [0.05, 0.1) is 16.9 Å². The van der Waals surface area contributed by atoms with E-state index >= 15 is 0 Å². The molecule has 0 saturated heterocycles. The fraction of sp³-hybridized carbons (Fsp3) is 0.133. The normalized spacial score (nSPS) is 10.2. The maximum Gasteiger partial charge on any atom is 0.195 e. The number of hydrogen-bond acceptors (Lipinski definition) is 4. The molecule has 0 radical (unpaired) electrons. The summed E-state index contributed by atoms with van der Waals surface area (Å²) in [7, 11) is 3.70. The van der Waals surface area contributed by atoms with Crippen molar-refractivity contribution in [2.45, 2.75) is 0 Å². The number of rotatable bonds is 3. The number of nitrogen functional groups attached to an aromatic ring is 2. The van der Waals surface area contributed by atoms with E-state index in [-0.39, 0.29) is 5.78 Å². The van der Waals surface area contributed by atoms with Gasteiger partial charge in [-0.1, -0.05) is 30.3 Å². The molecule has 0 amide bonds. The van der Waals surface area contributed by atoms with Crippen LogP contribution in [0.15, 0.2) is 42.5 Å². The topological polar surface area (TPSA) is 72.3 Å². The maximum absolute atomic E-state index is 12.5. The molecular weight excluding hydrogens is 238 g/mol. The Hall–Kier alpha value is -2.49. The van der Waals surface area contributed by atoms with Crippen molar-refractivity contribution in [3.8, 4) is 0 Å². The summed E-state index contributed by atoms with van der Waals surface area (Å²) in [5.74, 6) is -0.0803. The predicted molar refractivity (Wildman–Crippen MR) is 79.5 cm³/mol. The van der Waals surface area contributed by atoms with Crippen LogP contribution in [0.5, 0.6) is 0 Å². The second-order valence-corrected chi connectivity index (χ2v) is 4.60. The van der Waals surface area contributed by atoms with Crippen molar-refractivity contribution in [2.24, 2.45) is 0 Å². The van der Waals surface area contributed by atoms with E-state index in [0.717, 1.165) is 0 Å². The highest BCUT2D eigenvalue weighted by Gasteiger charge is 2.17. The summed E-state index contributed by atoms with van der Waals surface area (Å²) in [5.41, 5.74) is 14.6. The average Bonchev–Trinajstić information content (AvgIpc) is 2.37. The van der Waals surface area contributed by atoms with E-state index in [0.29, 0.717) is 28.2 Å². The summed E-state index contributed by atoms with van der Waals surface area (Å²) < 4.78 is 0. The number of ketones is 1. The van der Waals surface area contributed by atoms with Gasteiger partial charge in [0.2, 0.25) is 0 Å². The van der Waals surface area contributed by atoms with Crippen LogP contribution in [0, 0.1) is 0 Å². The lowest BCUT2D eigenvalue weighted by molar-refractivity contribution is 0.103. The largest absolute Gasteiger partial charge is 0.399 e. The van der Waals surface area contributed by atoms with Gasteiger partial charge in [0.25, 0.3) is 0 Å². The van der Waals surface area contributed by atoms with Crippen LogP contribution in [0.1, 0.15) is 15.9 Å². The zero-order valence-corrected chi connectivity index (χ0v) is 11.1. The molecular formula is C15H17N3O. The summed E-state index contributed by atoms with van der Waals surface area (Å²) in [5, 5.41) is 0. The summed E-state index contributed by atoms with van der Waals surface area (Å²) in [6.45, 7) is 0. The minimum Gasteiger partial charge on any atom is -0.399 e. The van der Waals surface area contributed by atoms with Crippen molar-refractivity contribution >= 4 is 22.8 Å². The molecule has 2 aromatic rings. The summed E-state index contributed by atoms with van der Waals surface area (Å²) in [6.07, 6.45) is 0. The maximum atomic E-state index is 12.5. The smallest absolute Gasteiger partial charge is 0.195 e. The Kier molecular flexibility index (Phi) is 3.42. The number of nitrogens with zero attached hydrogens (tertiary/aromatic N) is 1. The van der Waals surface area contributed by atoms with E-state index < -0.39 is 0 Å². The second kappa shape index (κ2) is 5.02. The fourth-order valence-corrected chi connectivity index (χ4v) is 2.10. The molecule has 0 atom stereocenters. The molecule has 0 saturated carbocycles. The molecule has 19 heavy (non-hydrogen) atoms. The third-order valence-electron chi connectivity index (χ3n) is 2.89. The molecule has 0 aliphatic heterocycles. The minimum absolute atomic E-state index is 0.0803. The zero-order chi connectivity index (χ0) is 14.0. The first-order valence-electron chi connectivity index (χ1n) is 5.96. The number of nitrogens with two attached hydrogens (primary N) is 2. The van der Waals surface area contributed by atoms with Crippen molar-refractivity contribution in [3.63, 3.8) is 0 Å². The molecule has 0 bridgehead atoms. The van der Waals surface area contributed by atoms with Gasteiger partial charge >= 0.3 is 0 Å². The van der Waals surface area contributed by atoms with E-state index in [9.17, 15) is 4.79 Å². The van der Waals surface area contributed by atoms with Crippen LogP contribution >= 0.6 is 0 Å². The van der Waals surface area contributed by atoms with Gasteiger partial charge in [-0.15, -0.1) is 0 Å². The molecule has 0 spiro atoms. The molecule has 0 fully saturated rings. The number of benzene rings is 2. The Morgan fingerprint density at radius 2 is 1.68 bits per heavy atom. The lowest BCUT2D eigenvalue weighted by Crippen LogP contribution is -2.17. The molecule has 0 aliphatic carbocycles. The van der Waals surface area contributed by atoms with E-state index in [1.54, 1.807) is 24.3 Å². The lowest BCUT2D eigenvalue weighted by Gasteiger charge is -2.20. The number of anilines is 3. The first-order valence-corrected chi connectivity index (χ1v) is 5.96. The molecule has 4 heteroatoms. The van der Waals surface area contributed by atoms with Gasteiger partial charge in [0, 0.05) is 25.3 Å². The van der Waals surface area contributed by atoms with Gasteiger partial charge in [-0.3, -0.25) is 4.79 Å². The third-order valence-corrected chi connectivity index (χ3v) is 2.89. The van der Waals surface area contributed by atoms with Crippen LogP contribution in [0.4, 0.5) is 17.1 Å². The van der Waals surface area contributed by atoms with E-state index in [2.05, 4.69) is 0 Å². The fourth-order valence-electron chi connectivity index (χ4n) is 2.10. The Bertz CT molecular complexity index is 606. The Morgan fingerprint density at radius 3 is 2.26 bits per heavy atom. The molecule has 0 heterocycles. The highest BCUT2D eigenvalue weighted by Crippen LogP contribution is 2.31. The van der Waals surface area contributed by atoms with Crippen LogP contribution in [0.3, 0.4) is 0 Å². The van der Waals surface area contributed by atoms with Crippen LogP contribution < -0.4 is 16.4 Å². The van der Waals surface area contributed by atoms with Crippen LogP contribution in [0.2, 0.25) is 0 Å². The van der Waals surface area contributed by atoms with E-state index in [1.807, 2.05) is 37.2 Å². The van der Waals surface area contributed by atoms with Crippen molar-refractivity contribution < 1.29 is 4.79 Å². The van der Waals surface area contributed by atoms with Crippen LogP contribution in [-0.2, 0) is 0 Å². The van der Waals surface area contributed by atoms with Gasteiger partial charge < -0.3 is 16.4 Å². The number of carbonyl (C=O) groups excluding carboxylic acids is 1. The molecule has 0 aliphatic rings. The van der Waals surface area contributed by atoms with Crippen LogP contribution in [0.25, 0.3) is 0 Å². The van der Waals surface area contributed by atoms with Gasteiger partial charge in [-0.2, -0.15) is 0 Å². The van der Waals surface area contributed by atoms with Crippen molar-refractivity contribution in [2.75, 3.05) is 30.5 Å². The van der Waals surface area contributed by atoms with Crippen LogP contribution in [-0.4, -0.2) is 19.9 Å². The predicted octanol–water partition coefficient (Wildman–Crippen LogP) is 2.15. The standard InChI is InChI=1S/C15H17N3O/c1-18(2)14-12(8-11(16)9-13(14)17)15(19)10-6-4-3-5-7-10/h3-9H,16-17H2,1-2H3. The molecule has 4 N–H and O–H groups in total.